The summed E-state index contributed by atoms with van der Waals surface area (Å²) >= 11 is 0. The summed E-state index contributed by atoms with van der Waals surface area (Å²) in [4.78, 5) is 24.6. The van der Waals surface area contributed by atoms with Gasteiger partial charge < -0.3 is 20.3 Å². The maximum atomic E-state index is 12.5. The van der Waals surface area contributed by atoms with Gasteiger partial charge in [-0.25, -0.2) is 0 Å². The van der Waals surface area contributed by atoms with E-state index in [0.29, 0.717) is 19.4 Å². The van der Waals surface area contributed by atoms with E-state index >= 15 is 0 Å². The van der Waals surface area contributed by atoms with Crippen LogP contribution in [0.1, 0.15) is 393 Å². The molecule has 2 atom stereocenters. The molecule has 0 radical (unpaired) electrons. The van der Waals surface area contributed by atoms with E-state index in [9.17, 15) is 19.8 Å². The fourth-order valence-corrected chi connectivity index (χ4v) is 11.2. The van der Waals surface area contributed by atoms with Crippen molar-refractivity contribution < 1.29 is 24.5 Å². The lowest BCUT2D eigenvalue weighted by atomic mass is 10.0. The molecule has 0 heterocycles. The van der Waals surface area contributed by atoms with Crippen molar-refractivity contribution in [2.24, 2.45) is 0 Å². The van der Waals surface area contributed by atoms with Gasteiger partial charge in [0.1, 0.15) is 0 Å². The average molecular weight is 1110 g/mol. The minimum atomic E-state index is -0.850. The van der Waals surface area contributed by atoms with Gasteiger partial charge in [0, 0.05) is 12.8 Å². The molecule has 1 amide bonds. The number of allylic oxidation sites excluding steroid dienone is 5. The fourth-order valence-electron chi connectivity index (χ4n) is 11.2. The number of carbonyl (C=O) groups excluding carboxylic acids is 2. The van der Waals surface area contributed by atoms with Gasteiger partial charge in [0.25, 0.3) is 0 Å². The first-order valence-corrected chi connectivity index (χ1v) is 35.8. The molecule has 0 aliphatic carbocycles. The number of esters is 1. The van der Waals surface area contributed by atoms with Gasteiger partial charge >= 0.3 is 5.97 Å². The van der Waals surface area contributed by atoms with Crippen LogP contribution in [0.2, 0.25) is 0 Å². The smallest absolute Gasteiger partial charge is 0.305 e. The number of nitrogens with one attached hydrogen (secondary N) is 1. The minimum absolute atomic E-state index is 0.00299. The number of aliphatic hydroxyl groups is 2. The van der Waals surface area contributed by atoms with E-state index < -0.39 is 12.1 Å². The average Bonchev–Trinajstić information content (AvgIpc) is 3.45. The Morgan fingerprint density at radius 1 is 0.342 bits per heavy atom. The summed E-state index contributed by atoms with van der Waals surface area (Å²) in [6.07, 6.45) is 87.9. The number of carbonyl (C=O) groups is 2. The zero-order valence-corrected chi connectivity index (χ0v) is 53.4. The summed E-state index contributed by atoms with van der Waals surface area (Å²) in [6.45, 7) is 4.92. The maximum absolute atomic E-state index is 12.5. The second kappa shape index (κ2) is 68.6. The Balaban J connectivity index is 3.44. The molecule has 6 heteroatoms. The Morgan fingerprint density at radius 2 is 0.595 bits per heavy atom. The molecule has 0 aliphatic heterocycles. The Labute approximate surface area is 494 Å². The van der Waals surface area contributed by atoms with Gasteiger partial charge in [-0.2, -0.15) is 0 Å². The fraction of sp³-hybridized carbons (Fsp3) is 0.890. The third kappa shape index (κ3) is 65.1. The van der Waals surface area contributed by atoms with Crippen LogP contribution in [0, 0.1) is 0 Å². The highest BCUT2D eigenvalue weighted by atomic mass is 16.5. The Hall–Kier alpha value is -1.92. The molecule has 2 unspecified atom stereocenters. The van der Waals surface area contributed by atoms with Crippen LogP contribution in [-0.2, 0) is 14.3 Å². The van der Waals surface area contributed by atoms with Gasteiger partial charge in [-0.3, -0.25) is 9.59 Å². The highest BCUT2D eigenvalue weighted by molar-refractivity contribution is 5.76. The molecule has 0 spiro atoms. The third-order valence-corrected chi connectivity index (χ3v) is 16.6. The van der Waals surface area contributed by atoms with Crippen molar-refractivity contribution in [1.29, 1.82) is 0 Å². The van der Waals surface area contributed by atoms with Crippen LogP contribution in [0.3, 0.4) is 0 Å². The summed E-state index contributed by atoms with van der Waals surface area (Å²) in [5.74, 6) is -0.0674. The standard InChI is InChI=1S/C73H139NO5/c1-3-5-7-9-11-13-15-17-19-20-21-22-23-24-26-29-32-35-38-41-45-49-53-57-61-65-71(76)70(69-75)74-72(77)66-62-58-54-50-46-42-39-36-33-30-27-25-28-31-34-37-40-44-48-52-56-60-64-68-79-73(78)67-63-59-55-51-47-43-18-16-14-12-10-8-6-4-2/h16,18,30,33,61,65,70-71,75-76H,3-15,17,19-29,31-32,34-60,62-64,66-69H2,1-2H3,(H,74,77)/b18-16-,33-30-,65-61+. The van der Waals surface area contributed by atoms with E-state index in [4.69, 9.17) is 4.74 Å². The second-order valence-electron chi connectivity index (χ2n) is 24.6. The van der Waals surface area contributed by atoms with Gasteiger partial charge in [0.2, 0.25) is 5.91 Å². The van der Waals surface area contributed by atoms with Crippen LogP contribution in [0.5, 0.6) is 0 Å². The highest BCUT2D eigenvalue weighted by Crippen LogP contribution is 2.18. The largest absolute Gasteiger partial charge is 0.466 e. The van der Waals surface area contributed by atoms with E-state index in [2.05, 4.69) is 43.5 Å². The zero-order chi connectivity index (χ0) is 57.1. The predicted molar refractivity (Wildman–Crippen MR) is 347 cm³/mol. The molecule has 0 aliphatic rings. The first-order chi connectivity index (χ1) is 39.0. The van der Waals surface area contributed by atoms with Gasteiger partial charge in [-0.1, -0.05) is 333 Å². The molecule has 0 saturated carbocycles. The minimum Gasteiger partial charge on any atom is -0.466 e. The predicted octanol–water partition coefficient (Wildman–Crippen LogP) is 23.1. The van der Waals surface area contributed by atoms with E-state index in [0.717, 1.165) is 51.4 Å². The summed E-state index contributed by atoms with van der Waals surface area (Å²) in [5.41, 5.74) is 0. The lowest BCUT2D eigenvalue weighted by Crippen LogP contribution is -2.45. The summed E-state index contributed by atoms with van der Waals surface area (Å²) in [5, 5.41) is 23.3. The van der Waals surface area contributed by atoms with Gasteiger partial charge in [-0.05, 0) is 83.5 Å². The SMILES string of the molecule is CCCCCCC/C=C\CCCCCCCC(=O)OCCCCCCCCCCCCCC/C=C\CCCCCCCCCC(=O)NC(CO)C(O)/C=C/CCCCCCCCCCCCCCCCCCCCCCCCC. The van der Waals surface area contributed by atoms with Crippen molar-refractivity contribution in [3.8, 4) is 0 Å². The van der Waals surface area contributed by atoms with Crippen molar-refractivity contribution in [2.45, 2.75) is 405 Å². The molecule has 6 nitrogen and oxygen atoms in total. The number of unbranched alkanes of at least 4 members (excludes halogenated alkanes) is 52. The Morgan fingerprint density at radius 3 is 0.899 bits per heavy atom. The number of hydrogen-bond donors (Lipinski definition) is 3. The third-order valence-electron chi connectivity index (χ3n) is 16.6. The number of hydrogen-bond acceptors (Lipinski definition) is 5. The van der Waals surface area contributed by atoms with Crippen LogP contribution in [0.4, 0.5) is 0 Å². The topological polar surface area (TPSA) is 95.9 Å². The lowest BCUT2D eigenvalue weighted by molar-refractivity contribution is -0.143. The molecule has 0 aromatic heterocycles. The number of rotatable bonds is 67. The molecular formula is C73H139NO5. The zero-order valence-electron chi connectivity index (χ0n) is 53.4. The molecule has 466 valence electrons. The van der Waals surface area contributed by atoms with Crippen LogP contribution in [-0.4, -0.2) is 47.4 Å². The van der Waals surface area contributed by atoms with E-state index in [1.165, 1.54) is 315 Å². The lowest BCUT2D eigenvalue weighted by Gasteiger charge is -2.20. The van der Waals surface area contributed by atoms with Crippen molar-refractivity contribution >= 4 is 11.9 Å². The van der Waals surface area contributed by atoms with Gasteiger partial charge in [0.05, 0.1) is 25.4 Å². The molecule has 0 aromatic rings. The van der Waals surface area contributed by atoms with Crippen LogP contribution in [0.15, 0.2) is 36.5 Å². The highest BCUT2D eigenvalue weighted by Gasteiger charge is 2.18. The Bertz CT molecular complexity index is 1280. The molecular weight excluding hydrogens is 971 g/mol. The Kier molecular flexibility index (Phi) is 66.9. The molecule has 0 fully saturated rings. The van der Waals surface area contributed by atoms with Crippen LogP contribution < -0.4 is 5.32 Å². The van der Waals surface area contributed by atoms with Crippen LogP contribution in [0.25, 0.3) is 0 Å². The molecule has 0 bridgehead atoms. The van der Waals surface area contributed by atoms with Gasteiger partial charge in [-0.15, -0.1) is 0 Å². The monoisotopic (exact) mass is 1110 g/mol. The summed E-state index contributed by atoms with van der Waals surface area (Å²) < 4.78 is 5.48. The molecule has 0 saturated heterocycles. The second-order valence-corrected chi connectivity index (χ2v) is 24.6. The molecule has 3 N–H and O–H groups in total. The van der Waals surface area contributed by atoms with E-state index in [-0.39, 0.29) is 18.5 Å². The van der Waals surface area contributed by atoms with Crippen molar-refractivity contribution in [3.05, 3.63) is 36.5 Å². The first kappa shape index (κ1) is 77.1. The van der Waals surface area contributed by atoms with Crippen molar-refractivity contribution in [1.82, 2.24) is 5.32 Å². The molecule has 0 rings (SSSR count). The molecule has 79 heavy (non-hydrogen) atoms. The molecule has 0 aromatic carbocycles. The number of ether oxygens (including phenoxy) is 1. The van der Waals surface area contributed by atoms with Crippen molar-refractivity contribution in [3.63, 3.8) is 0 Å². The van der Waals surface area contributed by atoms with Crippen molar-refractivity contribution in [2.75, 3.05) is 13.2 Å². The normalized spacial score (nSPS) is 12.7. The quantitative estimate of drug-likeness (QED) is 0.0320. The summed E-state index contributed by atoms with van der Waals surface area (Å²) in [6, 6.07) is -0.634. The van der Waals surface area contributed by atoms with E-state index in [1.807, 2.05) is 6.08 Å². The van der Waals surface area contributed by atoms with Crippen LogP contribution >= 0.6 is 0 Å². The summed E-state index contributed by atoms with van der Waals surface area (Å²) in [7, 11) is 0. The van der Waals surface area contributed by atoms with Gasteiger partial charge in [0.15, 0.2) is 0 Å². The first-order valence-electron chi connectivity index (χ1n) is 35.8. The number of aliphatic hydroxyl groups excluding tert-OH is 2. The number of amides is 1. The maximum Gasteiger partial charge on any atom is 0.305 e. The van der Waals surface area contributed by atoms with E-state index in [1.54, 1.807) is 6.08 Å².